The Balaban J connectivity index is 1.85. The van der Waals surface area contributed by atoms with Crippen LogP contribution in [0.25, 0.3) is 0 Å². The van der Waals surface area contributed by atoms with Crippen molar-refractivity contribution in [3.63, 3.8) is 0 Å². The number of nitrogens with zero attached hydrogens (tertiary/aromatic N) is 1. The van der Waals surface area contributed by atoms with Gasteiger partial charge in [-0.1, -0.05) is 20.3 Å². The maximum atomic E-state index is 12.2. The summed E-state index contributed by atoms with van der Waals surface area (Å²) in [4.78, 5) is 25.0. The van der Waals surface area contributed by atoms with Crippen molar-refractivity contribution in [1.82, 2.24) is 10.2 Å². The Bertz CT molecular complexity index is 372. The van der Waals surface area contributed by atoms with Crippen molar-refractivity contribution >= 4 is 12.0 Å². The fraction of sp³-hybridized carbons (Fsp3) is 0.867. The minimum atomic E-state index is -0.888. The molecule has 0 aromatic rings. The van der Waals surface area contributed by atoms with Crippen molar-refractivity contribution in [2.24, 2.45) is 17.8 Å². The summed E-state index contributed by atoms with van der Waals surface area (Å²) in [7, 11) is 0. The van der Waals surface area contributed by atoms with Crippen LogP contribution in [0.5, 0.6) is 0 Å². The lowest BCUT2D eigenvalue weighted by Crippen LogP contribution is -2.53. The number of urea groups is 1. The highest BCUT2D eigenvalue weighted by molar-refractivity contribution is 5.82. The fourth-order valence-corrected chi connectivity index (χ4v) is 3.46. The predicted octanol–water partition coefficient (Wildman–Crippen LogP) is 2.32. The van der Waals surface area contributed by atoms with Crippen molar-refractivity contribution in [2.45, 2.75) is 52.0 Å². The predicted molar refractivity (Wildman–Crippen MR) is 76.4 cm³/mol. The highest BCUT2D eigenvalue weighted by Gasteiger charge is 2.35. The monoisotopic (exact) mass is 282 g/mol. The molecule has 5 nitrogen and oxygen atoms in total. The maximum Gasteiger partial charge on any atom is 0.326 e. The molecule has 0 bridgehead atoms. The van der Waals surface area contributed by atoms with Gasteiger partial charge in [0.25, 0.3) is 0 Å². The third-order valence-electron chi connectivity index (χ3n) is 4.76. The first-order valence-corrected chi connectivity index (χ1v) is 7.74. The van der Waals surface area contributed by atoms with Crippen LogP contribution in [0.1, 0.15) is 46.0 Å². The molecule has 0 spiro atoms. The Morgan fingerprint density at radius 1 is 1.15 bits per heavy atom. The largest absolute Gasteiger partial charge is 0.480 e. The summed E-state index contributed by atoms with van der Waals surface area (Å²) >= 11 is 0. The van der Waals surface area contributed by atoms with Crippen LogP contribution in [-0.4, -0.2) is 41.1 Å². The van der Waals surface area contributed by atoms with E-state index < -0.39 is 12.0 Å². The minimum Gasteiger partial charge on any atom is -0.480 e. The molecule has 20 heavy (non-hydrogen) atoms. The van der Waals surface area contributed by atoms with E-state index >= 15 is 0 Å². The number of hydrogen-bond acceptors (Lipinski definition) is 2. The first-order valence-electron chi connectivity index (χ1n) is 7.74. The molecule has 4 atom stereocenters. The lowest BCUT2D eigenvalue weighted by Gasteiger charge is -2.36. The standard InChI is InChI=1S/C15H26N2O3/c1-10-3-4-12(7-10)9-16-15(20)17-6-5-11(2)8-13(17)14(18)19/h10-13H,3-9H2,1-2H3,(H,16,20)(H,18,19). The van der Waals surface area contributed by atoms with E-state index in [4.69, 9.17) is 0 Å². The lowest BCUT2D eigenvalue weighted by molar-refractivity contribution is -0.143. The number of rotatable bonds is 3. The van der Waals surface area contributed by atoms with Crippen LogP contribution in [0.2, 0.25) is 0 Å². The molecular weight excluding hydrogens is 256 g/mol. The molecule has 1 aliphatic carbocycles. The first-order chi connectivity index (χ1) is 9.47. The van der Waals surface area contributed by atoms with E-state index in [2.05, 4.69) is 12.2 Å². The van der Waals surface area contributed by atoms with Gasteiger partial charge in [-0.05, 0) is 43.4 Å². The van der Waals surface area contributed by atoms with Gasteiger partial charge in [-0.15, -0.1) is 0 Å². The van der Waals surface area contributed by atoms with Crippen molar-refractivity contribution < 1.29 is 14.7 Å². The van der Waals surface area contributed by atoms with Crippen molar-refractivity contribution in [2.75, 3.05) is 13.1 Å². The summed E-state index contributed by atoms with van der Waals surface area (Å²) in [6, 6.07) is -0.870. The Kier molecular flexibility index (Phi) is 4.89. The molecule has 114 valence electrons. The van der Waals surface area contributed by atoms with Gasteiger partial charge in [0, 0.05) is 13.1 Å². The van der Waals surface area contributed by atoms with E-state index in [1.54, 1.807) is 0 Å². The molecular formula is C15H26N2O3. The fourth-order valence-electron chi connectivity index (χ4n) is 3.46. The quantitative estimate of drug-likeness (QED) is 0.834. The number of likely N-dealkylation sites (tertiary alicyclic amines) is 1. The van der Waals surface area contributed by atoms with Crippen LogP contribution in [0.15, 0.2) is 0 Å². The molecule has 1 saturated heterocycles. The van der Waals surface area contributed by atoms with E-state index in [-0.39, 0.29) is 6.03 Å². The topological polar surface area (TPSA) is 69.6 Å². The smallest absolute Gasteiger partial charge is 0.326 e. The maximum absolute atomic E-state index is 12.2. The second kappa shape index (κ2) is 6.46. The van der Waals surface area contributed by atoms with E-state index in [0.29, 0.717) is 31.3 Å². The second-order valence-electron chi connectivity index (χ2n) is 6.65. The molecule has 2 aliphatic rings. The van der Waals surface area contributed by atoms with Crippen LogP contribution in [-0.2, 0) is 4.79 Å². The van der Waals surface area contributed by atoms with E-state index in [9.17, 15) is 14.7 Å². The molecule has 2 rings (SSSR count). The number of aliphatic carboxylic acids is 1. The number of nitrogens with one attached hydrogen (secondary N) is 1. The SMILES string of the molecule is CC1CCC(CNC(=O)N2CCC(C)CC2C(=O)O)C1. The lowest BCUT2D eigenvalue weighted by atomic mass is 9.93. The Morgan fingerprint density at radius 3 is 2.45 bits per heavy atom. The summed E-state index contributed by atoms with van der Waals surface area (Å²) in [6.45, 7) is 5.52. The van der Waals surface area contributed by atoms with Crippen LogP contribution in [0.4, 0.5) is 4.79 Å². The van der Waals surface area contributed by atoms with Gasteiger partial charge in [-0.25, -0.2) is 9.59 Å². The molecule has 2 fully saturated rings. The van der Waals surface area contributed by atoms with Crippen molar-refractivity contribution in [3.8, 4) is 0 Å². The van der Waals surface area contributed by atoms with Crippen LogP contribution in [0, 0.1) is 17.8 Å². The van der Waals surface area contributed by atoms with E-state index in [1.165, 1.54) is 24.2 Å². The molecule has 1 aliphatic heterocycles. The molecule has 0 aromatic carbocycles. The van der Waals surface area contributed by atoms with Gasteiger partial charge in [0.05, 0.1) is 0 Å². The molecule has 0 radical (unpaired) electrons. The van der Waals surface area contributed by atoms with Crippen molar-refractivity contribution in [1.29, 1.82) is 0 Å². The first kappa shape index (κ1) is 15.1. The molecule has 2 N–H and O–H groups in total. The van der Waals surface area contributed by atoms with Gasteiger partial charge >= 0.3 is 12.0 Å². The number of carboxylic acids is 1. The average Bonchev–Trinajstić information content (AvgIpc) is 2.81. The Labute approximate surface area is 120 Å². The number of hydrogen-bond donors (Lipinski definition) is 2. The summed E-state index contributed by atoms with van der Waals surface area (Å²) in [5.41, 5.74) is 0. The zero-order valence-electron chi connectivity index (χ0n) is 12.5. The normalized spacial score (nSPS) is 34.0. The molecule has 5 heteroatoms. The number of carbonyl (C=O) groups is 2. The van der Waals surface area contributed by atoms with Gasteiger partial charge in [0.2, 0.25) is 0 Å². The van der Waals surface area contributed by atoms with Crippen LogP contribution >= 0.6 is 0 Å². The van der Waals surface area contributed by atoms with Crippen molar-refractivity contribution in [3.05, 3.63) is 0 Å². The highest BCUT2D eigenvalue weighted by Crippen LogP contribution is 2.29. The minimum absolute atomic E-state index is 0.205. The number of piperidine rings is 1. The number of amides is 2. The Morgan fingerprint density at radius 2 is 1.85 bits per heavy atom. The summed E-state index contributed by atoms with van der Waals surface area (Å²) in [5.74, 6) is 0.789. The van der Waals surface area contributed by atoms with E-state index in [0.717, 1.165) is 12.3 Å². The van der Waals surface area contributed by atoms with E-state index in [1.807, 2.05) is 6.92 Å². The second-order valence-corrected chi connectivity index (χ2v) is 6.65. The third-order valence-corrected chi connectivity index (χ3v) is 4.76. The highest BCUT2D eigenvalue weighted by atomic mass is 16.4. The average molecular weight is 282 g/mol. The molecule has 2 amide bonds. The van der Waals surface area contributed by atoms with Gasteiger partial charge in [-0.2, -0.15) is 0 Å². The summed E-state index contributed by atoms with van der Waals surface area (Å²) in [5, 5.41) is 12.2. The summed E-state index contributed by atoms with van der Waals surface area (Å²) in [6.07, 6.45) is 5.01. The van der Waals surface area contributed by atoms with Gasteiger partial charge in [0.1, 0.15) is 6.04 Å². The zero-order chi connectivity index (χ0) is 14.7. The summed E-state index contributed by atoms with van der Waals surface area (Å²) < 4.78 is 0. The van der Waals surface area contributed by atoms with Crippen LogP contribution < -0.4 is 5.32 Å². The molecule has 0 aromatic heterocycles. The third kappa shape index (κ3) is 3.64. The Hall–Kier alpha value is -1.26. The van der Waals surface area contributed by atoms with Crippen LogP contribution in [0.3, 0.4) is 0 Å². The number of carbonyl (C=O) groups excluding carboxylic acids is 1. The molecule has 1 saturated carbocycles. The molecule has 1 heterocycles. The number of carboxylic acid groups (broad SMARTS) is 1. The van der Waals surface area contributed by atoms with Gasteiger partial charge < -0.3 is 15.3 Å². The zero-order valence-corrected chi connectivity index (χ0v) is 12.5. The molecule has 4 unspecified atom stereocenters. The van der Waals surface area contributed by atoms with Gasteiger partial charge in [-0.3, -0.25) is 0 Å². The van der Waals surface area contributed by atoms with Gasteiger partial charge in [0.15, 0.2) is 0 Å².